The van der Waals surface area contributed by atoms with Gasteiger partial charge in [-0.1, -0.05) is 23.7 Å². The lowest BCUT2D eigenvalue weighted by molar-refractivity contribution is -0.117. The van der Waals surface area contributed by atoms with Gasteiger partial charge in [-0.2, -0.15) is 0 Å². The van der Waals surface area contributed by atoms with E-state index in [1.165, 1.54) is 0 Å². The van der Waals surface area contributed by atoms with E-state index in [-0.39, 0.29) is 24.5 Å². The van der Waals surface area contributed by atoms with Crippen molar-refractivity contribution in [3.8, 4) is 11.5 Å². The molecule has 134 valence electrons. The highest BCUT2D eigenvalue weighted by atomic mass is 35.5. The first-order chi connectivity index (χ1) is 12.6. The summed E-state index contributed by atoms with van der Waals surface area (Å²) in [5.74, 6) is 0.926. The number of anilines is 1. The Hall–Kier alpha value is -2.73. The van der Waals surface area contributed by atoms with Crippen LogP contribution in [0.1, 0.15) is 28.8 Å². The average molecular weight is 373 g/mol. The predicted molar refractivity (Wildman–Crippen MR) is 96.5 cm³/mol. The fourth-order valence-electron chi connectivity index (χ4n) is 2.68. The second-order valence-electron chi connectivity index (χ2n) is 6.33. The molecule has 0 unspecified atom stereocenters. The maximum Gasteiger partial charge on any atom is 0.251 e. The quantitative estimate of drug-likeness (QED) is 0.843. The Bertz CT molecular complexity index is 863. The Morgan fingerprint density at radius 3 is 2.62 bits per heavy atom. The molecule has 0 atom stereocenters. The minimum atomic E-state index is -0.253. The summed E-state index contributed by atoms with van der Waals surface area (Å²) in [4.78, 5) is 24.1. The van der Waals surface area contributed by atoms with Crippen LogP contribution in [0, 0.1) is 5.92 Å². The molecule has 0 spiro atoms. The van der Waals surface area contributed by atoms with Crippen LogP contribution >= 0.6 is 11.6 Å². The van der Waals surface area contributed by atoms with E-state index in [0.29, 0.717) is 28.6 Å². The summed E-state index contributed by atoms with van der Waals surface area (Å²) in [6.45, 7) is 0.464. The zero-order valence-corrected chi connectivity index (χ0v) is 14.6. The fraction of sp³-hybridized carbons (Fsp3) is 0.263. The number of benzene rings is 2. The van der Waals surface area contributed by atoms with Crippen LogP contribution in [0.4, 0.5) is 5.69 Å². The number of carbonyl (C=O) groups is 2. The first kappa shape index (κ1) is 16.7. The molecular weight excluding hydrogens is 356 g/mol. The molecule has 2 aromatic carbocycles. The summed E-state index contributed by atoms with van der Waals surface area (Å²) < 4.78 is 10.5. The average Bonchev–Trinajstić information content (AvgIpc) is 3.38. The molecule has 1 heterocycles. The second kappa shape index (κ2) is 6.88. The maximum atomic E-state index is 12.3. The lowest BCUT2D eigenvalue weighted by Crippen LogP contribution is -2.22. The number of fused-ring (bicyclic) bond motifs is 1. The molecule has 0 saturated heterocycles. The van der Waals surface area contributed by atoms with Crippen LogP contribution < -0.4 is 20.1 Å². The van der Waals surface area contributed by atoms with Gasteiger partial charge in [0.05, 0.1) is 5.02 Å². The maximum absolute atomic E-state index is 12.3. The van der Waals surface area contributed by atoms with E-state index >= 15 is 0 Å². The van der Waals surface area contributed by atoms with Gasteiger partial charge in [-0.05, 0) is 42.7 Å². The number of nitrogens with one attached hydrogen (secondary N) is 2. The first-order valence-corrected chi connectivity index (χ1v) is 8.75. The molecule has 4 rings (SSSR count). The van der Waals surface area contributed by atoms with Crippen molar-refractivity contribution in [1.82, 2.24) is 5.32 Å². The van der Waals surface area contributed by atoms with Gasteiger partial charge in [0.25, 0.3) is 5.91 Å². The molecule has 1 saturated carbocycles. The number of carbonyl (C=O) groups excluding carboxylic acids is 2. The van der Waals surface area contributed by atoms with Gasteiger partial charge in [-0.3, -0.25) is 9.59 Å². The van der Waals surface area contributed by atoms with Gasteiger partial charge in [0, 0.05) is 23.7 Å². The monoisotopic (exact) mass is 372 g/mol. The normalized spacial score (nSPS) is 14.8. The molecule has 2 amide bonds. The fourth-order valence-corrected chi connectivity index (χ4v) is 2.94. The van der Waals surface area contributed by atoms with Crippen molar-refractivity contribution in [3.63, 3.8) is 0 Å². The summed E-state index contributed by atoms with van der Waals surface area (Å²) in [5.41, 5.74) is 2.10. The highest BCUT2D eigenvalue weighted by molar-refractivity contribution is 6.32. The van der Waals surface area contributed by atoms with Crippen LogP contribution in [0.5, 0.6) is 11.5 Å². The highest BCUT2D eigenvalue weighted by Gasteiger charge is 2.29. The van der Waals surface area contributed by atoms with Crippen molar-refractivity contribution >= 4 is 29.1 Å². The number of ether oxygens (including phenoxy) is 2. The second-order valence-corrected chi connectivity index (χ2v) is 6.74. The lowest BCUT2D eigenvalue weighted by atomic mass is 10.1. The van der Waals surface area contributed by atoms with Gasteiger partial charge in [0.15, 0.2) is 11.5 Å². The molecule has 0 radical (unpaired) electrons. The molecule has 2 aromatic rings. The summed E-state index contributed by atoms with van der Waals surface area (Å²) in [6.07, 6.45) is 1.94. The predicted octanol–water partition coefficient (Wildman–Crippen LogP) is 3.35. The van der Waals surface area contributed by atoms with Gasteiger partial charge in [0.2, 0.25) is 12.7 Å². The molecule has 0 aromatic heterocycles. The summed E-state index contributed by atoms with van der Waals surface area (Å²) in [5, 5.41) is 6.07. The van der Waals surface area contributed by atoms with E-state index in [1.807, 2.05) is 24.3 Å². The van der Waals surface area contributed by atoms with E-state index in [1.54, 1.807) is 12.1 Å². The van der Waals surface area contributed by atoms with Gasteiger partial charge in [-0.15, -0.1) is 0 Å². The van der Waals surface area contributed by atoms with Gasteiger partial charge < -0.3 is 20.1 Å². The SMILES string of the molecule is O=C(NCc1ccc(NC(=O)C2CC2)cc1)c1cc(Cl)c2c(c1)OCO2. The van der Waals surface area contributed by atoms with Crippen LogP contribution in [0.15, 0.2) is 36.4 Å². The number of amides is 2. The number of hydrogen-bond donors (Lipinski definition) is 2. The van der Waals surface area contributed by atoms with E-state index < -0.39 is 0 Å². The van der Waals surface area contributed by atoms with Gasteiger partial charge in [-0.25, -0.2) is 0 Å². The summed E-state index contributed by atoms with van der Waals surface area (Å²) >= 11 is 6.10. The van der Waals surface area contributed by atoms with Gasteiger partial charge in [0.1, 0.15) is 0 Å². The van der Waals surface area contributed by atoms with Crippen LogP contribution in [-0.4, -0.2) is 18.6 Å². The van der Waals surface area contributed by atoms with Gasteiger partial charge >= 0.3 is 0 Å². The molecule has 7 heteroatoms. The third kappa shape index (κ3) is 3.60. The molecule has 6 nitrogen and oxygen atoms in total. The molecule has 2 N–H and O–H groups in total. The lowest BCUT2D eigenvalue weighted by Gasteiger charge is -2.09. The largest absolute Gasteiger partial charge is 0.454 e. The molecule has 0 bridgehead atoms. The number of halogens is 1. The molecule has 26 heavy (non-hydrogen) atoms. The Kier molecular flexibility index (Phi) is 4.42. The van der Waals surface area contributed by atoms with Crippen LogP contribution in [0.25, 0.3) is 0 Å². The topological polar surface area (TPSA) is 76.7 Å². The number of rotatable bonds is 5. The van der Waals surface area contributed by atoms with E-state index in [4.69, 9.17) is 21.1 Å². The van der Waals surface area contributed by atoms with Crippen LogP contribution in [0.3, 0.4) is 0 Å². The molecule has 1 aliphatic carbocycles. The van der Waals surface area contributed by atoms with Crippen LogP contribution in [-0.2, 0) is 11.3 Å². The Morgan fingerprint density at radius 2 is 1.88 bits per heavy atom. The van der Waals surface area contributed by atoms with Crippen molar-refractivity contribution < 1.29 is 19.1 Å². The molecule has 1 aliphatic heterocycles. The summed E-state index contributed by atoms with van der Waals surface area (Å²) in [7, 11) is 0. The molecule has 1 fully saturated rings. The standard InChI is InChI=1S/C19H17ClN2O4/c20-15-7-13(8-16-17(15)26-10-25-16)18(23)21-9-11-1-5-14(6-2-11)22-19(24)12-3-4-12/h1-2,5-8,12H,3-4,9-10H2,(H,21,23)(H,22,24). The van der Waals surface area contributed by atoms with Crippen molar-refractivity contribution in [2.45, 2.75) is 19.4 Å². The van der Waals surface area contributed by atoms with E-state index in [2.05, 4.69) is 10.6 Å². The van der Waals surface area contributed by atoms with E-state index in [9.17, 15) is 9.59 Å². The van der Waals surface area contributed by atoms with Crippen molar-refractivity contribution in [2.75, 3.05) is 12.1 Å². The molecular formula is C19H17ClN2O4. The highest BCUT2D eigenvalue weighted by Crippen LogP contribution is 2.39. The van der Waals surface area contributed by atoms with E-state index in [0.717, 1.165) is 24.1 Å². The Morgan fingerprint density at radius 1 is 1.12 bits per heavy atom. The minimum absolute atomic E-state index is 0.0748. The Labute approximate surface area is 155 Å². The zero-order valence-electron chi connectivity index (χ0n) is 13.9. The summed E-state index contributed by atoms with van der Waals surface area (Å²) in [6, 6.07) is 10.6. The third-order valence-electron chi connectivity index (χ3n) is 4.31. The zero-order chi connectivity index (χ0) is 18.1. The van der Waals surface area contributed by atoms with Crippen molar-refractivity contribution in [1.29, 1.82) is 0 Å². The Balaban J connectivity index is 1.35. The van der Waals surface area contributed by atoms with Crippen LogP contribution in [0.2, 0.25) is 5.02 Å². The van der Waals surface area contributed by atoms with Crippen molar-refractivity contribution in [2.24, 2.45) is 5.92 Å². The minimum Gasteiger partial charge on any atom is -0.454 e. The molecule has 2 aliphatic rings. The number of hydrogen-bond acceptors (Lipinski definition) is 4. The smallest absolute Gasteiger partial charge is 0.251 e. The van der Waals surface area contributed by atoms with Crippen molar-refractivity contribution in [3.05, 3.63) is 52.5 Å². The third-order valence-corrected chi connectivity index (χ3v) is 4.59. The first-order valence-electron chi connectivity index (χ1n) is 8.37.